The quantitative estimate of drug-likeness (QED) is 0.865. The van der Waals surface area contributed by atoms with Gasteiger partial charge in [-0.1, -0.05) is 27.7 Å². The van der Waals surface area contributed by atoms with E-state index in [2.05, 4.69) is 61.9 Å². The number of hydrogen-bond donors (Lipinski definition) is 1. The number of hydrogen-bond acceptors (Lipinski definition) is 4. The Labute approximate surface area is 124 Å². The van der Waals surface area contributed by atoms with E-state index in [1.54, 1.807) is 0 Å². The molecular weight excluding hydrogens is 248 g/mol. The monoisotopic (exact) mass is 278 g/mol. The van der Waals surface area contributed by atoms with Crippen molar-refractivity contribution >= 4 is 5.82 Å². The van der Waals surface area contributed by atoms with Crippen LogP contribution in [0.2, 0.25) is 0 Å². The molecule has 0 radical (unpaired) electrons. The van der Waals surface area contributed by atoms with Crippen LogP contribution in [0.25, 0.3) is 0 Å². The molecule has 0 aliphatic carbocycles. The van der Waals surface area contributed by atoms with Gasteiger partial charge in [-0.05, 0) is 32.7 Å². The normalized spacial score (nSPS) is 13.6. The van der Waals surface area contributed by atoms with E-state index in [0.717, 1.165) is 36.8 Å². The van der Waals surface area contributed by atoms with Gasteiger partial charge in [-0.25, -0.2) is 9.97 Å². The second-order valence-corrected chi connectivity index (χ2v) is 6.69. The number of aromatic nitrogens is 2. The van der Waals surface area contributed by atoms with Crippen molar-refractivity contribution in [3.8, 4) is 0 Å². The van der Waals surface area contributed by atoms with Gasteiger partial charge in [0.2, 0.25) is 0 Å². The van der Waals surface area contributed by atoms with Crippen molar-refractivity contribution in [2.45, 2.75) is 60.5 Å². The smallest absolute Gasteiger partial charge is 0.144 e. The zero-order valence-corrected chi connectivity index (χ0v) is 14.1. The van der Waals surface area contributed by atoms with Gasteiger partial charge in [0, 0.05) is 24.3 Å². The second-order valence-electron chi connectivity index (χ2n) is 6.69. The molecule has 1 aromatic rings. The number of nitrogens with zero attached hydrogens (tertiary/aromatic N) is 3. The van der Waals surface area contributed by atoms with Crippen LogP contribution < -0.4 is 5.32 Å². The second kappa shape index (κ2) is 7.02. The molecule has 4 nitrogen and oxygen atoms in total. The Hall–Kier alpha value is -1.16. The molecule has 1 N–H and O–H groups in total. The Bertz CT molecular complexity index is 423. The van der Waals surface area contributed by atoms with Crippen LogP contribution in [-0.2, 0) is 6.54 Å². The van der Waals surface area contributed by atoms with E-state index in [1.165, 1.54) is 0 Å². The molecule has 1 rings (SSSR count). The molecule has 0 bridgehead atoms. The van der Waals surface area contributed by atoms with Crippen LogP contribution in [0.5, 0.6) is 0 Å². The average Bonchev–Trinajstić information content (AvgIpc) is 2.33. The van der Waals surface area contributed by atoms with Gasteiger partial charge in [-0.2, -0.15) is 0 Å². The van der Waals surface area contributed by atoms with E-state index in [-0.39, 0.29) is 5.41 Å². The van der Waals surface area contributed by atoms with Gasteiger partial charge in [0.1, 0.15) is 11.6 Å². The highest BCUT2D eigenvalue weighted by molar-refractivity contribution is 5.35. The summed E-state index contributed by atoms with van der Waals surface area (Å²) in [7, 11) is 2.14. The van der Waals surface area contributed by atoms with Crippen molar-refractivity contribution in [2.75, 3.05) is 18.9 Å². The van der Waals surface area contributed by atoms with Crippen LogP contribution in [0, 0.1) is 12.3 Å². The van der Waals surface area contributed by atoms with Crippen LogP contribution in [0.4, 0.5) is 5.82 Å². The lowest BCUT2D eigenvalue weighted by atomic mass is 9.87. The first-order chi connectivity index (χ1) is 9.24. The molecule has 4 heteroatoms. The van der Waals surface area contributed by atoms with E-state index in [1.807, 2.05) is 13.0 Å². The minimum absolute atomic E-state index is 0.252. The molecule has 114 valence electrons. The molecule has 0 aromatic carbocycles. The molecule has 1 atom stereocenters. The van der Waals surface area contributed by atoms with Gasteiger partial charge in [0.25, 0.3) is 0 Å². The fraction of sp³-hybridized carbons (Fsp3) is 0.750. The van der Waals surface area contributed by atoms with Crippen molar-refractivity contribution in [1.29, 1.82) is 0 Å². The molecule has 1 aromatic heterocycles. The minimum atomic E-state index is 0.252. The lowest BCUT2D eigenvalue weighted by Crippen LogP contribution is -2.39. The SMILES string of the molecule is CCCNc1cc(C)nc(CN(C)C(C)C(C)(C)C)n1. The largest absolute Gasteiger partial charge is 0.370 e. The van der Waals surface area contributed by atoms with Gasteiger partial charge in [0.15, 0.2) is 0 Å². The zero-order chi connectivity index (χ0) is 15.3. The maximum atomic E-state index is 4.61. The highest BCUT2D eigenvalue weighted by Crippen LogP contribution is 2.23. The average molecular weight is 278 g/mol. The van der Waals surface area contributed by atoms with Gasteiger partial charge in [0.05, 0.1) is 6.54 Å². The third-order valence-corrected chi connectivity index (χ3v) is 3.76. The van der Waals surface area contributed by atoms with E-state index in [0.29, 0.717) is 6.04 Å². The lowest BCUT2D eigenvalue weighted by Gasteiger charge is -2.35. The Balaban J connectivity index is 2.79. The molecule has 0 saturated carbocycles. The Kier molecular flexibility index (Phi) is 5.93. The number of rotatable bonds is 6. The third-order valence-electron chi connectivity index (χ3n) is 3.76. The molecule has 1 unspecified atom stereocenters. The summed E-state index contributed by atoms with van der Waals surface area (Å²) in [6.45, 7) is 15.0. The third kappa shape index (κ3) is 5.08. The highest BCUT2D eigenvalue weighted by atomic mass is 15.2. The Morgan fingerprint density at radius 2 is 1.95 bits per heavy atom. The Morgan fingerprint density at radius 3 is 2.50 bits per heavy atom. The number of aryl methyl sites for hydroxylation is 1. The summed E-state index contributed by atoms with van der Waals surface area (Å²) in [4.78, 5) is 11.5. The Morgan fingerprint density at radius 1 is 1.30 bits per heavy atom. The molecule has 1 heterocycles. The van der Waals surface area contributed by atoms with E-state index < -0.39 is 0 Å². The van der Waals surface area contributed by atoms with E-state index in [4.69, 9.17) is 0 Å². The lowest BCUT2D eigenvalue weighted by molar-refractivity contribution is 0.132. The summed E-state index contributed by atoms with van der Waals surface area (Å²) in [5.41, 5.74) is 1.27. The fourth-order valence-electron chi connectivity index (χ4n) is 2.07. The zero-order valence-electron chi connectivity index (χ0n) is 14.1. The van der Waals surface area contributed by atoms with Gasteiger partial charge >= 0.3 is 0 Å². The molecule has 20 heavy (non-hydrogen) atoms. The van der Waals surface area contributed by atoms with Crippen LogP contribution >= 0.6 is 0 Å². The molecular formula is C16H30N4. The van der Waals surface area contributed by atoms with Crippen molar-refractivity contribution in [1.82, 2.24) is 14.9 Å². The van der Waals surface area contributed by atoms with Crippen molar-refractivity contribution in [3.05, 3.63) is 17.6 Å². The summed E-state index contributed by atoms with van der Waals surface area (Å²) < 4.78 is 0. The van der Waals surface area contributed by atoms with Crippen LogP contribution in [0.3, 0.4) is 0 Å². The van der Waals surface area contributed by atoms with Gasteiger partial charge in [-0.15, -0.1) is 0 Å². The summed E-state index contributed by atoms with van der Waals surface area (Å²) in [5.74, 6) is 1.83. The van der Waals surface area contributed by atoms with Crippen molar-refractivity contribution in [2.24, 2.45) is 5.41 Å². The molecule has 0 amide bonds. The van der Waals surface area contributed by atoms with Gasteiger partial charge < -0.3 is 5.32 Å². The summed E-state index contributed by atoms with van der Waals surface area (Å²) in [6.07, 6.45) is 1.10. The van der Waals surface area contributed by atoms with Crippen LogP contribution in [0.15, 0.2) is 6.07 Å². The standard InChI is InChI=1S/C16H30N4/c1-8-9-17-14-10-12(2)18-15(19-14)11-20(7)13(3)16(4,5)6/h10,13H,8-9,11H2,1-7H3,(H,17,18,19). The predicted molar refractivity (Wildman–Crippen MR) is 85.9 cm³/mol. The highest BCUT2D eigenvalue weighted by Gasteiger charge is 2.24. The van der Waals surface area contributed by atoms with Crippen LogP contribution in [0.1, 0.15) is 52.6 Å². The van der Waals surface area contributed by atoms with Crippen molar-refractivity contribution < 1.29 is 0 Å². The molecule has 0 saturated heterocycles. The van der Waals surface area contributed by atoms with E-state index >= 15 is 0 Å². The molecule has 0 spiro atoms. The van der Waals surface area contributed by atoms with Crippen LogP contribution in [-0.4, -0.2) is 34.5 Å². The topological polar surface area (TPSA) is 41.1 Å². The molecule has 0 aliphatic heterocycles. The summed E-state index contributed by atoms with van der Waals surface area (Å²) in [6, 6.07) is 2.48. The summed E-state index contributed by atoms with van der Waals surface area (Å²) in [5, 5.41) is 3.34. The van der Waals surface area contributed by atoms with Gasteiger partial charge in [-0.3, -0.25) is 4.90 Å². The molecule has 0 aliphatic rings. The maximum absolute atomic E-state index is 4.61. The number of anilines is 1. The number of nitrogens with one attached hydrogen (secondary N) is 1. The first-order valence-corrected chi connectivity index (χ1v) is 7.52. The molecule has 0 fully saturated rings. The summed E-state index contributed by atoms with van der Waals surface area (Å²) >= 11 is 0. The first kappa shape index (κ1) is 16.9. The maximum Gasteiger partial charge on any atom is 0.144 e. The minimum Gasteiger partial charge on any atom is -0.370 e. The first-order valence-electron chi connectivity index (χ1n) is 7.52. The van der Waals surface area contributed by atoms with Crippen molar-refractivity contribution in [3.63, 3.8) is 0 Å². The predicted octanol–water partition coefficient (Wildman–Crippen LogP) is 3.47. The fourth-order valence-corrected chi connectivity index (χ4v) is 2.07. The van der Waals surface area contributed by atoms with E-state index in [9.17, 15) is 0 Å².